The SMILES string of the molecule is CC(C)(C)P(CNc1ccccc1NCP(C(C)(C)C)C(C)(C)C)C(C)(C)C. The van der Waals surface area contributed by atoms with Crippen molar-refractivity contribution < 1.29 is 0 Å². The molecule has 0 saturated heterocycles. The first-order valence-electron chi connectivity index (χ1n) is 10.6. The number of hydrogen-bond acceptors (Lipinski definition) is 2. The van der Waals surface area contributed by atoms with Crippen LogP contribution in [0.15, 0.2) is 24.3 Å². The van der Waals surface area contributed by atoms with E-state index in [1.165, 1.54) is 11.4 Å². The Morgan fingerprint density at radius 3 is 1.00 bits per heavy atom. The fraction of sp³-hybridized carbons (Fsp3) is 0.750. The topological polar surface area (TPSA) is 24.1 Å². The van der Waals surface area contributed by atoms with Crippen molar-refractivity contribution in [2.45, 2.75) is 104 Å². The highest BCUT2D eigenvalue weighted by Gasteiger charge is 2.35. The van der Waals surface area contributed by atoms with E-state index in [9.17, 15) is 0 Å². The summed E-state index contributed by atoms with van der Waals surface area (Å²) in [6.45, 7) is 28.6. The van der Waals surface area contributed by atoms with Crippen molar-refractivity contribution in [2.75, 3.05) is 23.2 Å². The maximum Gasteiger partial charge on any atom is 0.0578 e. The van der Waals surface area contributed by atoms with Crippen molar-refractivity contribution in [3.63, 3.8) is 0 Å². The van der Waals surface area contributed by atoms with Crippen LogP contribution in [0.4, 0.5) is 11.4 Å². The highest BCUT2D eigenvalue weighted by molar-refractivity contribution is 7.61. The van der Waals surface area contributed by atoms with Gasteiger partial charge in [0.2, 0.25) is 0 Å². The molecule has 4 heteroatoms. The third-order valence-electron chi connectivity index (χ3n) is 5.02. The van der Waals surface area contributed by atoms with Crippen molar-refractivity contribution in [1.29, 1.82) is 0 Å². The molecule has 162 valence electrons. The van der Waals surface area contributed by atoms with Gasteiger partial charge in [-0.15, -0.1) is 0 Å². The van der Waals surface area contributed by atoms with Crippen LogP contribution in [0.25, 0.3) is 0 Å². The lowest BCUT2D eigenvalue weighted by Gasteiger charge is -2.42. The van der Waals surface area contributed by atoms with Crippen molar-refractivity contribution in [1.82, 2.24) is 0 Å². The van der Waals surface area contributed by atoms with Gasteiger partial charge in [0.15, 0.2) is 0 Å². The second-order valence-corrected chi connectivity index (χ2v) is 19.5. The Bertz CT molecular complexity index is 530. The number of hydrogen-bond donors (Lipinski definition) is 2. The molecule has 0 aliphatic carbocycles. The molecule has 0 atom stereocenters. The molecule has 0 bridgehead atoms. The molecule has 1 aromatic carbocycles. The summed E-state index contributed by atoms with van der Waals surface area (Å²) in [5.41, 5.74) is 2.47. The predicted molar refractivity (Wildman–Crippen MR) is 136 cm³/mol. The molecular formula is C24H46N2P2. The smallest absolute Gasteiger partial charge is 0.0578 e. The summed E-state index contributed by atoms with van der Waals surface area (Å²) in [7, 11) is -0.345. The number of nitrogens with one attached hydrogen (secondary N) is 2. The first kappa shape index (κ1) is 25.7. The number of rotatable bonds is 6. The van der Waals surface area contributed by atoms with E-state index >= 15 is 0 Å². The van der Waals surface area contributed by atoms with Crippen LogP contribution in [-0.4, -0.2) is 33.2 Å². The summed E-state index contributed by atoms with van der Waals surface area (Å²) >= 11 is 0. The van der Waals surface area contributed by atoms with Crippen LogP contribution < -0.4 is 10.6 Å². The molecule has 2 nitrogen and oxygen atoms in total. The van der Waals surface area contributed by atoms with Gasteiger partial charge in [0.25, 0.3) is 0 Å². The molecule has 0 saturated carbocycles. The zero-order valence-electron chi connectivity index (χ0n) is 20.6. The van der Waals surface area contributed by atoms with Crippen LogP contribution in [0.1, 0.15) is 83.1 Å². The van der Waals surface area contributed by atoms with Crippen LogP contribution >= 0.6 is 15.8 Å². The quantitative estimate of drug-likeness (QED) is 0.447. The summed E-state index contributed by atoms with van der Waals surface area (Å²) < 4.78 is 0. The maximum atomic E-state index is 3.80. The van der Waals surface area contributed by atoms with Gasteiger partial charge in [-0.3, -0.25) is 0 Å². The average Bonchev–Trinajstić information content (AvgIpc) is 2.43. The first-order valence-corrected chi connectivity index (χ1v) is 13.6. The molecule has 0 fully saturated rings. The molecule has 0 aliphatic heterocycles. The van der Waals surface area contributed by atoms with E-state index in [2.05, 4.69) is 118 Å². The van der Waals surface area contributed by atoms with Gasteiger partial charge in [0.1, 0.15) is 0 Å². The minimum absolute atomic E-state index is 0.172. The van der Waals surface area contributed by atoms with E-state index in [0.29, 0.717) is 20.6 Å². The number of benzene rings is 1. The molecule has 0 aliphatic rings. The van der Waals surface area contributed by atoms with E-state index in [1.54, 1.807) is 0 Å². The van der Waals surface area contributed by atoms with Gasteiger partial charge < -0.3 is 10.6 Å². The molecule has 1 aromatic rings. The third kappa shape index (κ3) is 7.84. The highest BCUT2D eigenvalue weighted by Crippen LogP contribution is 2.60. The molecule has 0 radical (unpaired) electrons. The maximum absolute atomic E-state index is 3.80. The zero-order chi connectivity index (χ0) is 22.0. The number of para-hydroxylation sites is 2. The minimum Gasteiger partial charge on any atom is -0.379 e. The van der Waals surface area contributed by atoms with Crippen LogP contribution in [0.3, 0.4) is 0 Å². The van der Waals surface area contributed by atoms with Crippen molar-refractivity contribution >= 4 is 27.2 Å². The Labute approximate surface area is 178 Å². The van der Waals surface area contributed by atoms with E-state index < -0.39 is 0 Å². The van der Waals surface area contributed by atoms with Crippen molar-refractivity contribution in [3.05, 3.63) is 24.3 Å². The summed E-state index contributed by atoms with van der Waals surface area (Å²) in [5, 5.41) is 8.92. The summed E-state index contributed by atoms with van der Waals surface area (Å²) in [6.07, 6.45) is 2.10. The Hall–Kier alpha value is -0.320. The van der Waals surface area contributed by atoms with Crippen LogP contribution in [-0.2, 0) is 0 Å². The van der Waals surface area contributed by atoms with Gasteiger partial charge in [-0.2, -0.15) is 0 Å². The second-order valence-electron chi connectivity index (χ2n) is 11.8. The van der Waals surface area contributed by atoms with Crippen molar-refractivity contribution in [2.24, 2.45) is 0 Å². The summed E-state index contributed by atoms with van der Waals surface area (Å²) in [5.74, 6) is 0. The molecule has 0 unspecified atom stereocenters. The van der Waals surface area contributed by atoms with Gasteiger partial charge in [0.05, 0.1) is 11.4 Å². The third-order valence-corrected chi connectivity index (χ3v) is 12.4. The van der Waals surface area contributed by atoms with Crippen molar-refractivity contribution in [3.8, 4) is 0 Å². The minimum atomic E-state index is -0.172. The molecule has 0 aromatic heterocycles. The lowest BCUT2D eigenvalue weighted by Crippen LogP contribution is -2.29. The Morgan fingerprint density at radius 1 is 0.536 bits per heavy atom. The molecule has 1 rings (SSSR count). The Kier molecular flexibility index (Phi) is 8.47. The zero-order valence-corrected chi connectivity index (χ0v) is 22.4. The fourth-order valence-electron chi connectivity index (χ4n) is 4.08. The summed E-state index contributed by atoms with van der Waals surface area (Å²) in [4.78, 5) is 0. The molecule has 0 heterocycles. The van der Waals surface area contributed by atoms with E-state index in [4.69, 9.17) is 0 Å². The first-order chi connectivity index (χ1) is 12.4. The van der Waals surface area contributed by atoms with Gasteiger partial charge in [-0.05, 0) is 32.8 Å². The van der Waals surface area contributed by atoms with E-state index in [-0.39, 0.29) is 15.8 Å². The van der Waals surface area contributed by atoms with Gasteiger partial charge in [-0.1, -0.05) is 111 Å². The molecule has 2 N–H and O–H groups in total. The normalized spacial score (nSPS) is 13.9. The summed E-state index contributed by atoms with van der Waals surface area (Å²) in [6, 6.07) is 8.72. The fourth-order valence-corrected chi connectivity index (χ4v) is 10.7. The van der Waals surface area contributed by atoms with Crippen LogP contribution in [0.5, 0.6) is 0 Å². The van der Waals surface area contributed by atoms with Gasteiger partial charge >= 0.3 is 0 Å². The van der Waals surface area contributed by atoms with E-state index in [1.807, 2.05) is 0 Å². The standard InChI is InChI=1S/C24H46N2P2/c1-21(2,3)27(22(4,5)6)17-25-19-15-13-14-16-20(19)26-18-28(23(7,8)9)24(10,11)12/h13-16,25-26H,17-18H2,1-12H3. The monoisotopic (exact) mass is 424 g/mol. The van der Waals surface area contributed by atoms with Gasteiger partial charge in [-0.25, -0.2) is 0 Å². The molecular weight excluding hydrogens is 378 g/mol. The second kappa shape index (κ2) is 9.22. The molecule has 0 spiro atoms. The molecule has 28 heavy (non-hydrogen) atoms. The predicted octanol–water partition coefficient (Wildman–Crippen LogP) is 8.58. The Morgan fingerprint density at radius 2 is 0.786 bits per heavy atom. The largest absolute Gasteiger partial charge is 0.379 e. The highest BCUT2D eigenvalue weighted by atomic mass is 31.1. The Balaban J connectivity index is 2.96. The average molecular weight is 425 g/mol. The van der Waals surface area contributed by atoms with E-state index in [0.717, 1.165) is 12.6 Å². The lowest BCUT2D eigenvalue weighted by atomic mass is 10.2. The van der Waals surface area contributed by atoms with Crippen LogP contribution in [0, 0.1) is 0 Å². The van der Waals surface area contributed by atoms with Gasteiger partial charge in [0, 0.05) is 12.6 Å². The molecule has 0 amide bonds. The van der Waals surface area contributed by atoms with Crippen LogP contribution in [0.2, 0.25) is 0 Å². The lowest BCUT2D eigenvalue weighted by molar-refractivity contribution is 0.705. The number of anilines is 2.